The number of aryl methyl sites for hydroxylation is 1. The fraction of sp³-hybridized carbons (Fsp3) is 0.143. The molecule has 2 aromatic rings. The summed E-state index contributed by atoms with van der Waals surface area (Å²) < 4.78 is 40.6. The van der Waals surface area contributed by atoms with Crippen LogP contribution in [-0.2, 0) is 16.6 Å². The third-order valence-corrected chi connectivity index (χ3v) is 4.46. The highest BCUT2D eigenvalue weighted by molar-refractivity contribution is 7.92. The number of halogens is 2. The Balaban J connectivity index is 2.42. The Morgan fingerprint density at radius 2 is 2.00 bits per heavy atom. The Morgan fingerprint density at radius 3 is 2.62 bits per heavy atom. The summed E-state index contributed by atoms with van der Waals surface area (Å²) in [5.41, 5.74) is 0.379. The van der Waals surface area contributed by atoms with Crippen molar-refractivity contribution in [1.29, 1.82) is 0 Å². The predicted molar refractivity (Wildman–Crippen MR) is 79.3 cm³/mol. The van der Waals surface area contributed by atoms with Gasteiger partial charge in [0.25, 0.3) is 10.0 Å². The first-order chi connectivity index (χ1) is 9.83. The van der Waals surface area contributed by atoms with Gasteiger partial charge in [0.1, 0.15) is 5.82 Å². The van der Waals surface area contributed by atoms with E-state index in [2.05, 4.69) is 4.72 Å². The number of hydrogen-bond donors (Lipinski definition) is 2. The Kier molecular flexibility index (Phi) is 4.51. The normalized spacial score (nSPS) is 11.4. The summed E-state index contributed by atoms with van der Waals surface area (Å²) in [6.07, 6.45) is 0. The first kappa shape index (κ1) is 15.8. The quantitative estimate of drug-likeness (QED) is 0.906. The fourth-order valence-corrected chi connectivity index (χ4v) is 3.22. The van der Waals surface area contributed by atoms with E-state index in [-0.39, 0.29) is 16.0 Å². The Morgan fingerprint density at radius 1 is 1.29 bits per heavy atom. The average Bonchev–Trinajstić information content (AvgIpc) is 2.41. The number of aliphatic hydroxyl groups excluding tert-OH is 1. The lowest BCUT2D eigenvalue weighted by Gasteiger charge is -2.11. The van der Waals surface area contributed by atoms with Crippen LogP contribution in [0.15, 0.2) is 41.3 Å². The second-order valence-electron chi connectivity index (χ2n) is 4.49. The molecule has 0 aliphatic rings. The highest BCUT2D eigenvalue weighted by Crippen LogP contribution is 2.23. The molecule has 4 nitrogen and oxygen atoms in total. The lowest BCUT2D eigenvalue weighted by atomic mass is 10.1. The summed E-state index contributed by atoms with van der Waals surface area (Å²) >= 11 is 5.80. The predicted octanol–water partition coefficient (Wildman–Crippen LogP) is 3.08. The van der Waals surface area contributed by atoms with Crippen molar-refractivity contribution < 1.29 is 17.9 Å². The van der Waals surface area contributed by atoms with Gasteiger partial charge in [-0.25, -0.2) is 12.8 Å². The van der Waals surface area contributed by atoms with Crippen LogP contribution in [0, 0.1) is 12.7 Å². The van der Waals surface area contributed by atoms with Crippen molar-refractivity contribution in [2.45, 2.75) is 18.4 Å². The van der Waals surface area contributed by atoms with Crippen molar-refractivity contribution in [3.05, 3.63) is 58.4 Å². The van der Waals surface area contributed by atoms with Crippen LogP contribution < -0.4 is 4.72 Å². The Hall–Kier alpha value is -1.63. The highest BCUT2D eigenvalue weighted by atomic mass is 35.5. The third-order valence-electron chi connectivity index (χ3n) is 2.86. The van der Waals surface area contributed by atoms with Crippen LogP contribution in [0.1, 0.15) is 11.1 Å². The van der Waals surface area contributed by atoms with Crippen LogP contribution in [0.2, 0.25) is 5.02 Å². The molecule has 0 unspecified atom stereocenters. The first-order valence-electron chi connectivity index (χ1n) is 6.02. The maximum atomic E-state index is 13.7. The summed E-state index contributed by atoms with van der Waals surface area (Å²) in [6, 6.07) is 8.55. The van der Waals surface area contributed by atoms with Crippen molar-refractivity contribution >= 4 is 27.3 Å². The van der Waals surface area contributed by atoms with Crippen molar-refractivity contribution in [3.63, 3.8) is 0 Å². The molecular weight excluding hydrogens is 317 g/mol. The van der Waals surface area contributed by atoms with E-state index < -0.39 is 22.4 Å². The van der Waals surface area contributed by atoms with E-state index in [0.717, 1.165) is 6.07 Å². The van der Waals surface area contributed by atoms with Crippen molar-refractivity contribution in [3.8, 4) is 0 Å². The molecule has 0 radical (unpaired) electrons. The van der Waals surface area contributed by atoms with Crippen LogP contribution in [0.25, 0.3) is 0 Å². The zero-order chi connectivity index (χ0) is 15.6. The van der Waals surface area contributed by atoms with E-state index in [0.29, 0.717) is 10.7 Å². The maximum absolute atomic E-state index is 13.7. The molecular formula is C14H13ClFNO3S. The van der Waals surface area contributed by atoms with Gasteiger partial charge in [0.05, 0.1) is 17.2 Å². The molecule has 0 aliphatic carbocycles. The van der Waals surface area contributed by atoms with Gasteiger partial charge in [0, 0.05) is 10.6 Å². The fourth-order valence-electron chi connectivity index (χ4n) is 1.84. The molecule has 0 bridgehead atoms. The maximum Gasteiger partial charge on any atom is 0.261 e. The number of rotatable bonds is 4. The van der Waals surface area contributed by atoms with Gasteiger partial charge in [-0.3, -0.25) is 4.72 Å². The molecule has 0 aliphatic heterocycles. The zero-order valence-electron chi connectivity index (χ0n) is 11.1. The largest absolute Gasteiger partial charge is 0.392 e. The van der Waals surface area contributed by atoms with Crippen LogP contribution in [0.5, 0.6) is 0 Å². The van der Waals surface area contributed by atoms with E-state index >= 15 is 0 Å². The van der Waals surface area contributed by atoms with E-state index in [1.165, 1.54) is 19.1 Å². The summed E-state index contributed by atoms with van der Waals surface area (Å²) in [5, 5.41) is 9.48. The first-order valence-corrected chi connectivity index (χ1v) is 7.88. The van der Waals surface area contributed by atoms with Crippen LogP contribution in [0.4, 0.5) is 10.1 Å². The minimum Gasteiger partial charge on any atom is -0.392 e. The molecule has 2 aromatic carbocycles. The molecule has 0 spiro atoms. The van der Waals surface area contributed by atoms with E-state index in [1.807, 2.05) is 0 Å². The standard InChI is InChI=1S/C14H13ClFNO3S/c1-9-5-13(6-10(8-18)14(9)16)21(19,20)17-12-4-2-3-11(15)7-12/h2-7,17-18H,8H2,1H3. The third kappa shape index (κ3) is 3.53. The summed E-state index contributed by atoms with van der Waals surface area (Å²) in [4.78, 5) is -0.120. The van der Waals surface area contributed by atoms with Crippen molar-refractivity contribution in [1.82, 2.24) is 0 Å². The smallest absolute Gasteiger partial charge is 0.261 e. The monoisotopic (exact) mass is 329 g/mol. The molecule has 0 aromatic heterocycles. The van der Waals surface area contributed by atoms with E-state index in [1.54, 1.807) is 18.2 Å². The topological polar surface area (TPSA) is 66.4 Å². The number of sulfonamides is 1. The van der Waals surface area contributed by atoms with Crippen LogP contribution in [-0.4, -0.2) is 13.5 Å². The summed E-state index contributed by atoms with van der Waals surface area (Å²) in [7, 11) is -3.89. The second-order valence-corrected chi connectivity index (χ2v) is 6.61. The molecule has 112 valence electrons. The van der Waals surface area contributed by atoms with E-state index in [4.69, 9.17) is 16.7 Å². The number of aliphatic hydroxyl groups is 1. The highest BCUT2D eigenvalue weighted by Gasteiger charge is 2.18. The van der Waals surface area contributed by atoms with Gasteiger partial charge in [-0.15, -0.1) is 0 Å². The molecule has 0 heterocycles. The number of hydrogen-bond acceptors (Lipinski definition) is 3. The summed E-state index contributed by atoms with van der Waals surface area (Å²) in [6.45, 7) is 0.861. The average molecular weight is 330 g/mol. The molecule has 0 saturated carbocycles. The minimum atomic E-state index is -3.89. The number of anilines is 1. The van der Waals surface area contributed by atoms with Gasteiger partial charge in [-0.05, 0) is 42.8 Å². The summed E-state index contributed by atoms with van der Waals surface area (Å²) in [5.74, 6) is -0.612. The minimum absolute atomic E-state index is 0.0681. The van der Waals surface area contributed by atoms with Crippen molar-refractivity contribution in [2.24, 2.45) is 0 Å². The van der Waals surface area contributed by atoms with E-state index in [9.17, 15) is 12.8 Å². The number of benzene rings is 2. The molecule has 0 atom stereocenters. The van der Waals surface area contributed by atoms with Gasteiger partial charge in [0.2, 0.25) is 0 Å². The van der Waals surface area contributed by atoms with Gasteiger partial charge in [0.15, 0.2) is 0 Å². The Bertz CT molecular complexity index is 778. The zero-order valence-corrected chi connectivity index (χ0v) is 12.7. The van der Waals surface area contributed by atoms with Gasteiger partial charge >= 0.3 is 0 Å². The Labute approximate surface area is 127 Å². The second kappa shape index (κ2) is 6.01. The molecule has 21 heavy (non-hydrogen) atoms. The lowest BCUT2D eigenvalue weighted by Crippen LogP contribution is -2.14. The molecule has 0 fully saturated rings. The number of nitrogens with one attached hydrogen (secondary N) is 1. The SMILES string of the molecule is Cc1cc(S(=O)(=O)Nc2cccc(Cl)c2)cc(CO)c1F. The van der Waals surface area contributed by atoms with Crippen LogP contribution >= 0.6 is 11.6 Å². The van der Waals surface area contributed by atoms with Gasteiger partial charge in [-0.2, -0.15) is 0 Å². The lowest BCUT2D eigenvalue weighted by molar-refractivity contribution is 0.275. The molecule has 0 amide bonds. The van der Waals surface area contributed by atoms with Gasteiger partial charge in [-0.1, -0.05) is 17.7 Å². The van der Waals surface area contributed by atoms with Gasteiger partial charge < -0.3 is 5.11 Å². The molecule has 0 saturated heterocycles. The molecule has 2 rings (SSSR count). The van der Waals surface area contributed by atoms with Crippen molar-refractivity contribution in [2.75, 3.05) is 4.72 Å². The molecule has 2 N–H and O–H groups in total. The van der Waals surface area contributed by atoms with Crippen LogP contribution in [0.3, 0.4) is 0 Å². The molecule has 7 heteroatoms.